The van der Waals surface area contributed by atoms with Gasteiger partial charge >= 0.3 is 0 Å². The molecule has 0 atom stereocenters. The van der Waals surface area contributed by atoms with Crippen LogP contribution < -0.4 is 10.6 Å². The van der Waals surface area contributed by atoms with Crippen LogP contribution in [-0.4, -0.2) is 16.9 Å². The van der Waals surface area contributed by atoms with E-state index in [1.165, 1.54) is 17.4 Å². The van der Waals surface area contributed by atoms with E-state index in [1.54, 1.807) is 5.38 Å². The van der Waals surface area contributed by atoms with Crippen molar-refractivity contribution in [3.8, 4) is 0 Å². The van der Waals surface area contributed by atoms with Crippen LogP contribution in [0.25, 0.3) is 0 Å². The molecule has 0 bridgehead atoms. The van der Waals surface area contributed by atoms with Crippen LogP contribution in [-0.2, 0) is 0 Å². The van der Waals surface area contributed by atoms with Crippen LogP contribution in [0.15, 0.2) is 23.6 Å². The molecule has 0 radical (unpaired) electrons. The summed E-state index contributed by atoms with van der Waals surface area (Å²) in [5.41, 5.74) is 0.720. The first kappa shape index (κ1) is 14.9. The number of benzene rings is 1. The molecule has 1 aromatic heterocycles. The van der Waals surface area contributed by atoms with E-state index in [2.05, 4.69) is 15.6 Å². The topological polar surface area (TPSA) is 54.0 Å². The van der Waals surface area contributed by atoms with Gasteiger partial charge in [-0.25, -0.2) is 13.8 Å². The lowest BCUT2D eigenvalue weighted by molar-refractivity contribution is 0.0933. The van der Waals surface area contributed by atoms with Gasteiger partial charge in [0.05, 0.1) is 0 Å². The molecule has 3 rings (SSSR count). The van der Waals surface area contributed by atoms with Gasteiger partial charge in [-0.1, -0.05) is 12.8 Å². The molecule has 1 saturated carbocycles. The summed E-state index contributed by atoms with van der Waals surface area (Å²) in [6.07, 6.45) is 4.31. The Hall–Kier alpha value is -2.02. The van der Waals surface area contributed by atoms with Crippen molar-refractivity contribution in [1.29, 1.82) is 0 Å². The number of rotatable bonds is 4. The highest BCUT2D eigenvalue weighted by Gasteiger charge is 2.19. The second kappa shape index (κ2) is 6.39. The highest BCUT2D eigenvalue weighted by atomic mass is 32.1. The maximum atomic E-state index is 13.1. The number of nitrogens with one attached hydrogen (secondary N) is 2. The third kappa shape index (κ3) is 3.41. The fourth-order valence-corrected chi connectivity index (χ4v) is 3.17. The van der Waals surface area contributed by atoms with E-state index in [0.29, 0.717) is 16.5 Å². The van der Waals surface area contributed by atoms with Crippen molar-refractivity contribution in [2.24, 2.45) is 0 Å². The summed E-state index contributed by atoms with van der Waals surface area (Å²) in [5, 5.41) is 7.92. The molecule has 0 spiro atoms. The first-order chi connectivity index (χ1) is 10.6. The molecule has 2 aromatic rings. The third-order valence-corrected chi connectivity index (χ3v) is 4.36. The van der Waals surface area contributed by atoms with E-state index in [4.69, 9.17) is 0 Å². The molecule has 0 saturated heterocycles. The first-order valence-electron chi connectivity index (χ1n) is 7.10. The van der Waals surface area contributed by atoms with Gasteiger partial charge in [-0.15, -0.1) is 11.3 Å². The normalized spacial score (nSPS) is 15.0. The molecular weight excluding hydrogens is 308 g/mol. The van der Waals surface area contributed by atoms with Gasteiger partial charge in [-0.05, 0) is 25.0 Å². The van der Waals surface area contributed by atoms with Crippen molar-refractivity contribution in [1.82, 2.24) is 10.3 Å². The molecule has 7 heteroatoms. The number of hydrogen-bond acceptors (Lipinski definition) is 4. The largest absolute Gasteiger partial charge is 0.348 e. The third-order valence-electron chi connectivity index (χ3n) is 3.60. The highest BCUT2D eigenvalue weighted by molar-refractivity contribution is 7.14. The van der Waals surface area contributed by atoms with Crippen LogP contribution in [0.2, 0.25) is 0 Å². The second-order valence-electron chi connectivity index (χ2n) is 5.25. The smallest absolute Gasteiger partial charge is 0.271 e. The van der Waals surface area contributed by atoms with Crippen molar-refractivity contribution in [2.75, 3.05) is 5.32 Å². The number of carbonyl (C=O) groups excluding carboxylic acids is 1. The van der Waals surface area contributed by atoms with E-state index in [0.717, 1.165) is 37.8 Å². The Bertz CT molecular complexity index is 683. The van der Waals surface area contributed by atoms with Gasteiger partial charge in [0.2, 0.25) is 0 Å². The Morgan fingerprint density at radius 2 is 2.00 bits per heavy atom. The maximum Gasteiger partial charge on any atom is 0.271 e. The van der Waals surface area contributed by atoms with E-state index in [1.807, 2.05) is 0 Å². The first-order valence-corrected chi connectivity index (χ1v) is 7.98. The number of aromatic nitrogens is 1. The fourth-order valence-electron chi connectivity index (χ4n) is 2.46. The predicted molar refractivity (Wildman–Crippen MR) is 81.5 cm³/mol. The molecule has 1 amide bonds. The Morgan fingerprint density at radius 3 is 2.73 bits per heavy atom. The predicted octanol–water partition coefficient (Wildman–Crippen LogP) is 3.84. The van der Waals surface area contributed by atoms with Gasteiger partial charge in [-0.3, -0.25) is 4.79 Å². The monoisotopic (exact) mass is 323 g/mol. The zero-order valence-corrected chi connectivity index (χ0v) is 12.6. The molecule has 4 nitrogen and oxygen atoms in total. The molecule has 1 aliphatic rings. The number of hydrogen-bond donors (Lipinski definition) is 2. The van der Waals surface area contributed by atoms with Gasteiger partial charge in [0.1, 0.15) is 5.69 Å². The van der Waals surface area contributed by atoms with Gasteiger partial charge < -0.3 is 10.6 Å². The number of amides is 1. The second-order valence-corrected chi connectivity index (χ2v) is 6.10. The zero-order valence-electron chi connectivity index (χ0n) is 11.7. The van der Waals surface area contributed by atoms with E-state index < -0.39 is 11.6 Å². The van der Waals surface area contributed by atoms with E-state index in [-0.39, 0.29) is 11.9 Å². The van der Waals surface area contributed by atoms with Crippen LogP contribution in [0.1, 0.15) is 36.2 Å². The SMILES string of the molecule is O=C(NC1CCCC1)c1csc(Nc2ccc(F)c(F)c2)n1. The Morgan fingerprint density at radius 1 is 1.23 bits per heavy atom. The number of carbonyl (C=O) groups is 1. The lowest BCUT2D eigenvalue weighted by Crippen LogP contribution is -2.32. The summed E-state index contributed by atoms with van der Waals surface area (Å²) in [7, 11) is 0. The van der Waals surface area contributed by atoms with Gasteiger partial charge in [-0.2, -0.15) is 0 Å². The van der Waals surface area contributed by atoms with Crippen LogP contribution in [0, 0.1) is 11.6 Å². The molecular formula is C15H15F2N3OS. The lowest BCUT2D eigenvalue weighted by atomic mass is 10.2. The number of anilines is 2. The molecule has 116 valence electrons. The molecule has 1 fully saturated rings. The van der Waals surface area contributed by atoms with Crippen molar-refractivity contribution in [3.63, 3.8) is 0 Å². The summed E-state index contributed by atoms with van der Waals surface area (Å²) < 4.78 is 26.0. The summed E-state index contributed by atoms with van der Waals surface area (Å²) in [5.74, 6) is -2.02. The fraction of sp³-hybridized carbons (Fsp3) is 0.333. The molecule has 22 heavy (non-hydrogen) atoms. The number of nitrogens with zero attached hydrogens (tertiary/aromatic N) is 1. The average Bonchev–Trinajstić information content (AvgIpc) is 3.14. The van der Waals surface area contributed by atoms with Crippen LogP contribution in [0.4, 0.5) is 19.6 Å². The Balaban J connectivity index is 1.65. The molecule has 2 N–H and O–H groups in total. The molecule has 1 aromatic carbocycles. The lowest BCUT2D eigenvalue weighted by Gasteiger charge is -2.09. The van der Waals surface area contributed by atoms with Crippen molar-refractivity contribution in [3.05, 3.63) is 40.9 Å². The van der Waals surface area contributed by atoms with Crippen LogP contribution in [0.3, 0.4) is 0 Å². The minimum absolute atomic E-state index is 0.193. The Labute approximate surface area is 130 Å². The minimum atomic E-state index is -0.930. The summed E-state index contributed by atoms with van der Waals surface area (Å²) in [4.78, 5) is 16.2. The Kier molecular flexibility index (Phi) is 4.33. The van der Waals surface area contributed by atoms with Crippen LogP contribution in [0.5, 0.6) is 0 Å². The summed E-state index contributed by atoms with van der Waals surface area (Å²) in [6.45, 7) is 0. The molecule has 1 heterocycles. The van der Waals surface area contributed by atoms with Gasteiger partial charge in [0.15, 0.2) is 16.8 Å². The minimum Gasteiger partial charge on any atom is -0.348 e. The zero-order chi connectivity index (χ0) is 15.5. The van der Waals surface area contributed by atoms with Crippen molar-refractivity contribution < 1.29 is 13.6 Å². The molecule has 0 aliphatic heterocycles. The standard InChI is InChI=1S/C15H15F2N3OS/c16-11-6-5-10(7-12(11)17)19-15-20-13(8-22-15)14(21)18-9-3-1-2-4-9/h5-9H,1-4H2,(H,18,21)(H,19,20). The van der Waals surface area contributed by atoms with E-state index >= 15 is 0 Å². The van der Waals surface area contributed by atoms with Gasteiger partial charge in [0, 0.05) is 23.2 Å². The summed E-state index contributed by atoms with van der Waals surface area (Å²) in [6, 6.07) is 3.74. The number of halogens is 2. The highest BCUT2D eigenvalue weighted by Crippen LogP contribution is 2.23. The maximum absolute atomic E-state index is 13.1. The van der Waals surface area contributed by atoms with Crippen molar-refractivity contribution >= 4 is 28.1 Å². The van der Waals surface area contributed by atoms with Gasteiger partial charge in [0.25, 0.3) is 5.91 Å². The average molecular weight is 323 g/mol. The summed E-state index contributed by atoms with van der Waals surface area (Å²) >= 11 is 1.24. The molecule has 0 unspecified atom stereocenters. The van der Waals surface area contributed by atoms with Crippen LogP contribution >= 0.6 is 11.3 Å². The molecule has 1 aliphatic carbocycles. The quantitative estimate of drug-likeness (QED) is 0.899. The van der Waals surface area contributed by atoms with E-state index in [9.17, 15) is 13.6 Å². The number of thiazole rings is 1. The van der Waals surface area contributed by atoms with Crippen molar-refractivity contribution in [2.45, 2.75) is 31.7 Å².